The predicted molar refractivity (Wildman–Crippen MR) is 54.1 cm³/mol. The third-order valence-electron chi connectivity index (χ3n) is 1.98. The van der Waals surface area contributed by atoms with Gasteiger partial charge in [0.25, 0.3) is 0 Å². The Balaban J connectivity index is 2.97. The van der Waals surface area contributed by atoms with Crippen molar-refractivity contribution in [2.75, 3.05) is 0 Å². The lowest BCUT2D eigenvalue weighted by Crippen LogP contribution is -1.81. The maximum Gasteiger partial charge on any atom is 0.0844 e. The van der Waals surface area contributed by atoms with Crippen LogP contribution in [0.1, 0.15) is 11.1 Å². The second-order valence-corrected chi connectivity index (χ2v) is 4.09. The highest BCUT2D eigenvalue weighted by molar-refractivity contribution is 7.17. The highest BCUT2D eigenvalue weighted by atomic mass is 35.5. The van der Waals surface area contributed by atoms with E-state index in [4.69, 9.17) is 11.6 Å². The van der Waals surface area contributed by atoms with Gasteiger partial charge in [0.2, 0.25) is 0 Å². The van der Waals surface area contributed by atoms with Crippen LogP contribution in [0, 0.1) is 13.8 Å². The summed E-state index contributed by atoms with van der Waals surface area (Å²) in [5.74, 6) is 0. The zero-order chi connectivity index (χ0) is 8.72. The van der Waals surface area contributed by atoms with E-state index in [2.05, 4.69) is 4.98 Å². The van der Waals surface area contributed by atoms with Crippen LogP contribution in [0.4, 0.5) is 0 Å². The summed E-state index contributed by atoms with van der Waals surface area (Å²) >= 11 is 7.68. The van der Waals surface area contributed by atoms with Crippen molar-refractivity contribution in [1.29, 1.82) is 0 Å². The van der Waals surface area contributed by atoms with E-state index in [1.54, 1.807) is 11.3 Å². The molecule has 0 atom stereocenters. The second kappa shape index (κ2) is 2.71. The first-order valence-electron chi connectivity index (χ1n) is 3.69. The Morgan fingerprint density at radius 1 is 1.42 bits per heavy atom. The van der Waals surface area contributed by atoms with E-state index in [1.807, 2.05) is 25.4 Å². The highest BCUT2D eigenvalue weighted by Gasteiger charge is 2.06. The Bertz CT molecular complexity index is 433. The van der Waals surface area contributed by atoms with E-state index in [0.29, 0.717) is 0 Å². The third kappa shape index (κ3) is 1.03. The van der Waals surface area contributed by atoms with Crippen molar-refractivity contribution in [2.24, 2.45) is 0 Å². The van der Waals surface area contributed by atoms with Crippen LogP contribution in [0.2, 0.25) is 5.02 Å². The van der Waals surface area contributed by atoms with Gasteiger partial charge in [-0.15, -0.1) is 11.3 Å². The van der Waals surface area contributed by atoms with Crippen molar-refractivity contribution < 1.29 is 0 Å². The summed E-state index contributed by atoms with van der Waals surface area (Å²) in [6.45, 7) is 4.07. The SMILES string of the molecule is Cc1cc(Cl)c(C)c2scnc12. The van der Waals surface area contributed by atoms with Crippen LogP contribution in [-0.2, 0) is 0 Å². The molecule has 1 aromatic carbocycles. The molecule has 0 saturated carbocycles. The summed E-state index contributed by atoms with van der Waals surface area (Å²) in [5.41, 5.74) is 5.24. The molecule has 3 heteroatoms. The van der Waals surface area contributed by atoms with E-state index >= 15 is 0 Å². The molecule has 0 unspecified atom stereocenters. The van der Waals surface area contributed by atoms with Crippen molar-refractivity contribution in [3.63, 3.8) is 0 Å². The Morgan fingerprint density at radius 2 is 2.17 bits per heavy atom. The van der Waals surface area contributed by atoms with Gasteiger partial charge in [-0.05, 0) is 31.0 Å². The van der Waals surface area contributed by atoms with E-state index < -0.39 is 0 Å². The van der Waals surface area contributed by atoms with Crippen LogP contribution in [-0.4, -0.2) is 4.98 Å². The maximum absolute atomic E-state index is 6.03. The van der Waals surface area contributed by atoms with Gasteiger partial charge in [-0.25, -0.2) is 4.98 Å². The molecule has 2 aromatic rings. The third-order valence-corrected chi connectivity index (χ3v) is 3.32. The molecular formula is C9H8ClNS. The summed E-state index contributed by atoms with van der Waals surface area (Å²) in [6.07, 6.45) is 0. The van der Waals surface area contributed by atoms with Crippen LogP contribution in [0.25, 0.3) is 10.2 Å². The van der Waals surface area contributed by atoms with Gasteiger partial charge in [-0.2, -0.15) is 0 Å². The van der Waals surface area contributed by atoms with Crippen molar-refractivity contribution in [2.45, 2.75) is 13.8 Å². The zero-order valence-electron chi connectivity index (χ0n) is 6.89. The number of fused-ring (bicyclic) bond motifs is 1. The summed E-state index contributed by atoms with van der Waals surface area (Å²) in [5, 5.41) is 0.837. The lowest BCUT2D eigenvalue weighted by molar-refractivity contribution is 1.40. The molecule has 2 rings (SSSR count). The molecule has 0 N–H and O–H groups in total. The minimum atomic E-state index is 0.837. The number of benzene rings is 1. The maximum atomic E-state index is 6.03. The Morgan fingerprint density at radius 3 is 2.92 bits per heavy atom. The molecule has 1 nitrogen and oxygen atoms in total. The molecule has 0 radical (unpaired) electrons. The number of hydrogen-bond acceptors (Lipinski definition) is 2. The molecule has 0 aliphatic heterocycles. The van der Waals surface area contributed by atoms with Gasteiger partial charge in [0.1, 0.15) is 0 Å². The standard InChI is InChI=1S/C9H8ClNS/c1-5-3-7(10)6(2)9-8(5)11-4-12-9/h3-4H,1-2H3. The number of nitrogens with zero attached hydrogens (tertiary/aromatic N) is 1. The first-order valence-corrected chi connectivity index (χ1v) is 4.95. The Hall–Kier alpha value is -0.600. The molecule has 0 fully saturated rings. The molecule has 1 aromatic heterocycles. The predicted octanol–water partition coefficient (Wildman–Crippen LogP) is 3.57. The molecule has 0 spiro atoms. The average molecular weight is 198 g/mol. The van der Waals surface area contributed by atoms with Crippen LogP contribution in [0.3, 0.4) is 0 Å². The quantitative estimate of drug-likeness (QED) is 0.629. The van der Waals surface area contributed by atoms with Gasteiger partial charge in [-0.3, -0.25) is 0 Å². The van der Waals surface area contributed by atoms with Crippen molar-refractivity contribution >= 4 is 33.2 Å². The fourth-order valence-corrected chi connectivity index (χ4v) is 2.46. The van der Waals surface area contributed by atoms with Gasteiger partial charge in [0, 0.05) is 5.02 Å². The van der Waals surface area contributed by atoms with Gasteiger partial charge in [0.05, 0.1) is 15.7 Å². The van der Waals surface area contributed by atoms with Crippen LogP contribution in [0.5, 0.6) is 0 Å². The number of halogens is 1. The lowest BCUT2D eigenvalue weighted by atomic mass is 10.1. The van der Waals surface area contributed by atoms with Gasteiger partial charge in [0.15, 0.2) is 0 Å². The molecule has 0 aliphatic rings. The molecule has 1 heterocycles. The molecule has 0 aliphatic carbocycles. The van der Waals surface area contributed by atoms with Crippen LogP contribution < -0.4 is 0 Å². The fraction of sp³-hybridized carbons (Fsp3) is 0.222. The fourth-order valence-electron chi connectivity index (χ4n) is 1.27. The molecule has 12 heavy (non-hydrogen) atoms. The monoisotopic (exact) mass is 197 g/mol. The molecule has 0 saturated heterocycles. The average Bonchev–Trinajstić information content (AvgIpc) is 2.48. The smallest absolute Gasteiger partial charge is 0.0844 e. The number of aromatic nitrogens is 1. The summed E-state index contributed by atoms with van der Waals surface area (Å²) < 4.78 is 1.21. The number of rotatable bonds is 0. The summed E-state index contributed by atoms with van der Waals surface area (Å²) in [4.78, 5) is 4.28. The van der Waals surface area contributed by atoms with Crippen molar-refractivity contribution in [1.82, 2.24) is 4.98 Å². The summed E-state index contributed by atoms with van der Waals surface area (Å²) in [7, 11) is 0. The van der Waals surface area contributed by atoms with Gasteiger partial charge >= 0.3 is 0 Å². The van der Waals surface area contributed by atoms with E-state index in [9.17, 15) is 0 Å². The zero-order valence-corrected chi connectivity index (χ0v) is 8.46. The first kappa shape index (κ1) is 8.02. The molecule has 0 amide bonds. The largest absolute Gasteiger partial charge is 0.244 e. The number of thiazole rings is 1. The second-order valence-electron chi connectivity index (χ2n) is 2.83. The van der Waals surface area contributed by atoms with E-state index in [1.165, 1.54) is 4.70 Å². The van der Waals surface area contributed by atoms with Crippen molar-refractivity contribution in [3.05, 3.63) is 27.7 Å². The normalized spacial score (nSPS) is 10.9. The number of aryl methyl sites for hydroxylation is 2. The first-order chi connectivity index (χ1) is 5.70. The van der Waals surface area contributed by atoms with Crippen LogP contribution in [0.15, 0.2) is 11.6 Å². The topological polar surface area (TPSA) is 12.9 Å². The van der Waals surface area contributed by atoms with E-state index in [-0.39, 0.29) is 0 Å². The minimum absolute atomic E-state index is 0.837. The van der Waals surface area contributed by atoms with Crippen LogP contribution >= 0.6 is 22.9 Å². The van der Waals surface area contributed by atoms with E-state index in [0.717, 1.165) is 21.7 Å². The van der Waals surface area contributed by atoms with Crippen molar-refractivity contribution in [3.8, 4) is 0 Å². The lowest BCUT2D eigenvalue weighted by Gasteiger charge is -2.00. The summed E-state index contributed by atoms with van der Waals surface area (Å²) in [6, 6.07) is 1.97. The Labute approximate surface area is 80.0 Å². The minimum Gasteiger partial charge on any atom is -0.244 e. The number of hydrogen-bond donors (Lipinski definition) is 0. The Kier molecular flexibility index (Phi) is 1.81. The molecule has 62 valence electrons. The van der Waals surface area contributed by atoms with Gasteiger partial charge < -0.3 is 0 Å². The molecule has 0 bridgehead atoms. The van der Waals surface area contributed by atoms with Gasteiger partial charge in [-0.1, -0.05) is 11.6 Å². The highest BCUT2D eigenvalue weighted by Crippen LogP contribution is 2.30. The molecular weight excluding hydrogens is 190 g/mol.